The van der Waals surface area contributed by atoms with Crippen LogP contribution in [0.3, 0.4) is 0 Å². The van der Waals surface area contributed by atoms with Gasteiger partial charge in [0, 0.05) is 43.5 Å². The minimum atomic E-state index is -0.593. The third kappa shape index (κ3) is 7.89. The Kier molecular flexibility index (Phi) is 10.0. The summed E-state index contributed by atoms with van der Waals surface area (Å²) in [6.07, 6.45) is 6.91. The Bertz CT molecular complexity index is 1190. The van der Waals surface area contributed by atoms with Gasteiger partial charge in [-0.05, 0) is 76.0 Å². The van der Waals surface area contributed by atoms with Crippen molar-refractivity contribution in [2.75, 3.05) is 39.5 Å². The number of anilines is 2. The van der Waals surface area contributed by atoms with Crippen molar-refractivity contribution in [3.05, 3.63) is 64.9 Å². The zero-order valence-electron chi connectivity index (χ0n) is 23.1. The number of rotatable bonds is 13. The molecular formula is C29H40N6O3. The van der Waals surface area contributed by atoms with E-state index in [0.29, 0.717) is 36.8 Å². The summed E-state index contributed by atoms with van der Waals surface area (Å²) in [5, 5.41) is 6.20. The van der Waals surface area contributed by atoms with E-state index in [1.165, 1.54) is 11.0 Å². The molecule has 1 aliphatic carbocycles. The van der Waals surface area contributed by atoms with Gasteiger partial charge in [0.15, 0.2) is 0 Å². The van der Waals surface area contributed by atoms with E-state index in [2.05, 4.69) is 17.6 Å². The number of aryl methyl sites for hydroxylation is 1. The number of nitrogens with two attached hydrogens (primary N) is 1. The molecule has 0 spiro atoms. The first-order valence-electron chi connectivity index (χ1n) is 13.2. The highest BCUT2D eigenvalue weighted by molar-refractivity contribution is 5.98. The number of amides is 3. The lowest BCUT2D eigenvalue weighted by Gasteiger charge is -2.23. The van der Waals surface area contributed by atoms with E-state index in [4.69, 9.17) is 10.7 Å². The summed E-state index contributed by atoms with van der Waals surface area (Å²) in [7, 11) is 5.46. The Morgan fingerprint density at radius 3 is 2.55 bits per heavy atom. The number of hydrogen-bond donors (Lipinski definition) is 3. The molecule has 4 N–H and O–H groups in total. The molecule has 2 aromatic rings. The zero-order chi connectivity index (χ0) is 27.8. The molecule has 9 heteroatoms. The van der Waals surface area contributed by atoms with Gasteiger partial charge in [0.1, 0.15) is 11.9 Å². The van der Waals surface area contributed by atoms with Gasteiger partial charge in [0.05, 0.1) is 5.56 Å². The molecule has 0 unspecified atom stereocenters. The second-order valence-electron chi connectivity index (χ2n) is 10.1. The lowest BCUT2D eigenvalue weighted by Crippen LogP contribution is -2.45. The highest BCUT2D eigenvalue weighted by Gasteiger charge is 2.29. The molecule has 0 saturated heterocycles. The summed E-state index contributed by atoms with van der Waals surface area (Å²) in [5.41, 5.74) is 9.97. The molecule has 1 saturated carbocycles. The Morgan fingerprint density at radius 2 is 1.92 bits per heavy atom. The average molecular weight is 521 g/mol. The van der Waals surface area contributed by atoms with Gasteiger partial charge in [0.25, 0.3) is 5.91 Å². The minimum absolute atomic E-state index is 0.213. The van der Waals surface area contributed by atoms with Crippen LogP contribution in [0.25, 0.3) is 0 Å². The van der Waals surface area contributed by atoms with Crippen LogP contribution in [-0.2, 0) is 22.4 Å². The fourth-order valence-corrected chi connectivity index (χ4v) is 4.11. The molecule has 1 heterocycles. The third-order valence-corrected chi connectivity index (χ3v) is 6.69. The van der Waals surface area contributed by atoms with Gasteiger partial charge >= 0.3 is 0 Å². The quantitative estimate of drug-likeness (QED) is 0.349. The minimum Gasteiger partial charge on any atom is -0.365 e. The second kappa shape index (κ2) is 13.2. The summed E-state index contributed by atoms with van der Waals surface area (Å²) in [6.45, 7) is 4.84. The Labute approximate surface area is 225 Å². The molecule has 1 aromatic heterocycles. The molecule has 1 aromatic carbocycles. The first kappa shape index (κ1) is 28.8. The SMILES string of the molecule is CCc1cc(C(N)=O)c(Nc2cccc(CCNC(=O)[C@H](C)N(C)C(=O)/C=C/CN(C)C)c2)nc1C1CC1. The van der Waals surface area contributed by atoms with Gasteiger partial charge < -0.3 is 26.2 Å². The van der Waals surface area contributed by atoms with Gasteiger partial charge in [-0.15, -0.1) is 0 Å². The molecular weight excluding hydrogens is 480 g/mol. The summed E-state index contributed by atoms with van der Waals surface area (Å²) >= 11 is 0. The number of carbonyl (C=O) groups excluding carboxylic acids is 3. The normalized spacial score (nSPS) is 13.9. The van der Waals surface area contributed by atoms with Crippen molar-refractivity contribution in [2.24, 2.45) is 5.73 Å². The smallest absolute Gasteiger partial charge is 0.252 e. The van der Waals surface area contributed by atoms with Crippen LogP contribution >= 0.6 is 0 Å². The molecule has 1 aliphatic rings. The van der Waals surface area contributed by atoms with Crippen LogP contribution in [0.15, 0.2) is 42.5 Å². The number of benzene rings is 1. The highest BCUT2D eigenvalue weighted by atomic mass is 16.2. The number of likely N-dealkylation sites (N-methyl/N-ethyl adjacent to an activating group) is 2. The van der Waals surface area contributed by atoms with Crippen molar-refractivity contribution < 1.29 is 14.4 Å². The van der Waals surface area contributed by atoms with Crippen LogP contribution in [0.1, 0.15) is 59.8 Å². The van der Waals surface area contributed by atoms with E-state index in [1.54, 1.807) is 20.0 Å². The van der Waals surface area contributed by atoms with E-state index in [0.717, 1.165) is 41.8 Å². The fraction of sp³-hybridized carbons (Fsp3) is 0.448. The number of nitrogens with zero attached hydrogens (tertiary/aromatic N) is 3. The molecule has 1 atom stereocenters. The van der Waals surface area contributed by atoms with Crippen LogP contribution in [-0.4, -0.2) is 72.8 Å². The summed E-state index contributed by atoms with van der Waals surface area (Å²) in [5.74, 6) is -0.0119. The molecule has 0 aliphatic heterocycles. The topological polar surface area (TPSA) is 121 Å². The lowest BCUT2D eigenvalue weighted by molar-refractivity contribution is -0.135. The van der Waals surface area contributed by atoms with Crippen LogP contribution in [0.4, 0.5) is 11.5 Å². The molecule has 9 nitrogen and oxygen atoms in total. The standard InChI is InChI=1S/C29H40N6O3/c1-6-21-18-24(27(30)37)28(33-26(21)22-12-13-22)32-23-10-7-9-20(17-23)14-15-31-29(38)19(2)35(5)25(36)11-8-16-34(3)4/h7-11,17-19,22H,6,12-16H2,1-5H3,(H2,30,37)(H,31,38)(H,32,33)/b11-8+/t19-/m0/s1. The van der Waals surface area contributed by atoms with Gasteiger partial charge in [-0.3, -0.25) is 14.4 Å². The van der Waals surface area contributed by atoms with Crippen LogP contribution in [0.2, 0.25) is 0 Å². The van der Waals surface area contributed by atoms with E-state index in [-0.39, 0.29) is 11.8 Å². The van der Waals surface area contributed by atoms with Crippen molar-refractivity contribution in [2.45, 2.75) is 51.5 Å². The van der Waals surface area contributed by atoms with E-state index < -0.39 is 11.9 Å². The maximum absolute atomic E-state index is 12.6. The second-order valence-corrected chi connectivity index (χ2v) is 10.1. The van der Waals surface area contributed by atoms with Crippen LogP contribution < -0.4 is 16.4 Å². The van der Waals surface area contributed by atoms with Crippen molar-refractivity contribution in [1.82, 2.24) is 20.1 Å². The summed E-state index contributed by atoms with van der Waals surface area (Å²) in [6, 6.07) is 9.05. The van der Waals surface area contributed by atoms with Gasteiger partial charge in [0.2, 0.25) is 11.8 Å². The van der Waals surface area contributed by atoms with Gasteiger partial charge in [-0.2, -0.15) is 0 Å². The summed E-state index contributed by atoms with van der Waals surface area (Å²) < 4.78 is 0. The monoisotopic (exact) mass is 520 g/mol. The first-order valence-corrected chi connectivity index (χ1v) is 13.2. The molecule has 38 heavy (non-hydrogen) atoms. The first-order chi connectivity index (χ1) is 18.1. The van der Waals surface area contributed by atoms with E-state index in [9.17, 15) is 14.4 Å². The number of nitrogens with one attached hydrogen (secondary N) is 2. The summed E-state index contributed by atoms with van der Waals surface area (Å²) in [4.78, 5) is 45.3. The van der Waals surface area contributed by atoms with Crippen LogP contribution in [0, 0.1) is 0 Å². The Morgan fingerprint density at radius 1 is 1.18 bits per heavy atom. The van der Waals surface area contributed by atoms with E-state index in [1.807, 2.05) is 49.3 Å². The Hall–Kier alpha value is -3.72. The predicted molar refractivity (Wildman–Crippen MR) is 150 cm³/mol. The maximum atomic E-state index is 12.6. The molecule has 1 fully saturated rings. The molecule has 0 radical (unpaired) electrons. The van der Waals surface area contributed by atoms with Crippen molar-refractivity contribution in [3.8, 4) is 0 Å². The number of aromatic nitrogens is 1. The molecule has 0 bridgehead atoms. The highest BCUT2D eigenvalue weighted by Crippen LogP contribution is 2.42. The lowest BCUT2D eigenvalue weighted by atomic mass is 10.0. The van der Waals surface area contributed by atoms with Gasteiger partial charge in [-0.1, -0.05) is 25.1 Å². The number of carbonyl (C=O) groups is 3. The number of primary amides is 1. The molecule has 3 amide bonds. The largest absolute Gasteiger partial charge is 0.365 e. The fourth-order valence-electron chi connectivity index (χ4n) is 4.11. The number of hydrogen-bond acceptors (Lipinski definition) is 6. The average Bonchev–Trinajstić information content (AvgIpc) is 3.73. The van der Waals surface area contributed by atoms with Crippen molar-refractivity contribution >= 4 is 29.2 Å². The molecule has 3 rings (SSSR count). The predicted octanol–water partition coefficient (Wildman–Crippen LogP) is 2.99. The molecule has 204 valence electrons. The number of pyridine rings is 1. The third-order valence-electron chi connectivity index (χ3n) is 6.69. The van der Waals surface area contributed by atoms with Gasteiger partial charge in [-0.25, -0.2) is 4.98 Å². The van der Waals surface area contributed by atoms with Crippen molar-refractivity contribution in [3.63, 3.8) is 0 Å². The Balaban J connectivity index is 1.60. The van der Waals surface area contributed by atoms with E-state index >= 15 is 0 Å². The zero-order valence-corrected chi connectivity index (χ0v) is 23.1. The maximum Gasteiger partial charge on any atom is 0.252 e. The van der Waals surface area contributed by atoms with Crippen LogP contribution in [0.5, 0.6) is 0 Å². The van der Waals surface area contributed by atoms with Crippen molar-refractivity contribution in [1.29, 1.82) is 0 Å².